The van der Waals surface area contributed by atoms with Crippen LogP contribution in [0.5, 0.6) is 0 Å². The smallest absolute Gasteiger partial charge is 0.111 e. The molecule has 0 unspecified atom stereocenters. The van der Waals surface area contributed by atoms with Gasteiger partial charge in [0.05, 0.1) is 105 Å². The molecule has 28 heavy (non-hydrogen) atoms. The van der Waals surface area contributed by atoms with Crippen LogP contribution < -0.4 is 0 Å². The van der Waals surface area contributed by atoms with Crippen molar-refractivity contribution in [3.05, 3.63) is 12.3 Å². The van der Waals surface area contributed by atoms with E-state index >= 15 is 0 Å². The van der Waals surface area contributed by atoms with Crippen molar-refractivity contribution >= 4 is 0 Å². The van der Waals surface area contributed by atoms with Gasteiger partial charge in [0.1, 0.15) is 6.61 Å². The first kappa shape index (κ1) is 27.2. The topological polar surface area (TPSA) is 94.1 Å². The molecule has 9 heteroatoms. The first-order valence-electron chi connectivity index (χ1n) is 9.70. The van der Waals surface area contributed by atoms with Crippen LogP contribution in [0.1, 0.15) is 6.92 Å². The normalized spacial score (nSPS) is 11.1. The molecule has 0 aliphatic heterocycles. The van der Waals surface area contributed by atoms with Crippen LogP contribution in [0.3, 0.4) is 0 Å². The molecule has 0 saturated heterocycles. The number of hydrogen-bond acceptors (Lipinski definition) is 9. The van der Waals surface area contributed by atoms with E-state index in [1.54, 1.807) is 6.92 Å². The zero-order valence-electron chi connectivity index (χ0n) is 17.2. The minimum Gasteiger partial charge on any atom is -0.496 e. The SMILES string of the molecule is C=C(C)OCCOCCOCCOCCOCCOCCOCCOCCO. The summed E-state index contributed by atoms with van der Waals surface area (Å²) in [5.41, 5.74) is 0. The molecule has 0 bridgehead atoms. The van der Waals surface area contributed by atoms with Crippen LogP contribution in [0, 0.1) is 0 Å². The highest BCUT2D eigenvalue weighted by Crippen LogP contribution is 1.89. The molecule has 0 aromatic rings. The van der Waals surface area contributed by atoms with E-state index in [-0.39, 0.29) is 6.61 Å². The highest BCUT2D eigenvalue weighted by atomic mass is 16.6. The zero-order valence-corrected chi connectivity index (χ0v) is 17.2. The zero-order chi connectivity index (χ0) is 20.5. The largest absolute Gasteiger partial charge is 0.496 e. The Morgan fingerprint density at radius 2 is 0.750 bits per heavy atom. The molecule has 0 radical (unpaired) electrons. The Morgan fingerprint density at radius 1 is 0.500 bits per heavy atom. The van der Waals surface area contributed by atoms with E-state index in [2.05, 4.69) is 6.58 Å². The molecule has 0 rings (SSSR count). The molecule has 0 aliphatic rings. The van der Waals surface area contributed by atoms with Gasteiger partial charge in [-0.15, -0.1) is 0 Å². The lowest BCUT2D eigenvalue weighted by Crippen LogP contribution is -2.15. The Balaban J connectivity index is 2.99. The minimum atomic E-state index is 0.0323. The number of ether oxygens (including phenoxy) is 8. The number of allylic oxidation sites excluding steroid dienone is 1. The number of aliphatic hydroxyl groups excluding tert-OH is 1. The van der Waals surface area contributed by atoms with E-state index in [0.717, 1.165) is 0 Å². The second-order valence-corrected chi connectivity index (χ2v) is 5.56. The van der Waals surface area contributed by atoms with Crippen molar-refractivity contribution in [3.63, 3.8) is 0 Å². The van der Waals surface area contributed by atoms with Gasteiger partial charge < -0.3 is 43.0 Å². The van der Waals surface area contributed by atoms with Crippen molar-refractivity contribution in [1.82, 2.24) is 0 Å². The summed E-state index contributed by atoms with van der Waals surface area (Å²) in [4.78, 5) is 0. The number of aliphatic hydroxyl groups is 1. The van der Waals surface area contributed by atoms with Crippen LogP contribution in [0.15, 0.2) is 12.3 Å². The Bertz CT molecular complexity index is 316. The molecular weight excluding hydrogens is 372 g/mol. The van der Waals surface area contributed by atoms with Crippen molar-refractivity contribution in [2.75, 3.05) is 106 Å². The molecule has 168 valence electrons. The van der Waals surface area contributed by atoms with Crippen LogP contribution in [0.4, 0.5) is 0 Å². The Labute approximate surface area is 168 Å². The molecule has 0 spiro atoms. The van der Waals surface area contributed by atoms with Crippen LogP contribution in [0.2, 0.25) is 0 Å². The lowest BCUT2D eigenvalue weighted by Gasteiger charge is -2.08. The minimum absolute atomic E-state index is 0.0323. The van der Waals surface area contributed by atoms with E-state index in [9.17, 15) is 0 Å². The van der Waals surface area contributed by atoms with Crippen molar-refractivity contribution in [2.45, 2.75) is 6.92 Å². The molecule has 0 aromatic heterocycles. The maximum atomic E-state index is 8.52. The summed E-state index contributed by atoms with van der Waals surface area (Å²) in [5.74, 6) is 0.691. The fourth-order valence-electron chi connectivity index (χ4n) is 1.76. The highest BCUT2D eigenvalue weighted by molar-refractivity contribution is 4.72. The van der Waals surface area contributed by atoms with Gasteiger partial charge in [-0.3, -0.25) is 0 Å². The van der Waals surface area contributed by atoms with Gasteiger partial charge in [0.15, 0.2) is 0 Å². The van der Waals surface area contributed by atoms with Gasteiger partial charge in [-0.25, -0.2) is 0 Å². The summed E-state index contributed by atoms with van der Waals surface area (Å²) in [6, 6.07) is 0. The fourth-order valence-corrected chi connectivity index (χ4v) is 1.76. The van der Waals surface area contributed by atoms with E-state index in [1.807, 2.05) is 0 Å². The van der Waals surface area contributed by atoms with E-state index < -0.39 is 0 Å². The molecule has 0 heterocycles. The van der Waals surface area contributed by atoms with E-state index in [4.69, 9.17) is 43.0 Å². The van der Waals surface area contributed by atoms with Gasteiger partial charge in [-0.1, -0.05) is 6.58 Å². The lowest BCUT2D eigenvalue weighted by molar-refractivity contribution is -0.0227. The summed E-state index contributed by atoms with van der Waals surface area (Å²) in [5, 5.41) is 8.52. The third-order valence-electron chi connectivity index (χ3n) is 3.04. The predicted molar refractivity (Wildman–Crippen MR) is 104 cm³/mol. The van der Waals surface area contributed by atoms with Crippen molar-refractivity contribution < 1.29 is 43.0 Å². The quantitative estimate of drug-likeness (QED) is 0.182. The molecule has 0 aromatic carbocycles. The first-order valence-corrected chi connectivity index (χ1v) is 9.70. The summed E-state index contributed by atoms with van der Waals surface area (Å²) in [7, 11) is 0. The third kappa shape index (κ3) is 25.2. The van der Waals surface area contributed by atoms with Gasteiger partial charge >= 0.3 is 0 Å². The molecule has 9 nitrogen and oxygen atoms in total. The predicted octanol–water partition coefficient (Wildman–Crippen LogP) is 0.645. The standard InChI is InChI=1S/C19H38O9/c1-19(2)28-18-17-27-16-15-26-14-13-25-12-11-24-10-9-23-8-7-22-6-5-21-4-3-20/h20H,1,3-18H2,2H3. The van der Waals surface area contributed by atoms with E-state index in [1.165, 1.54) is 0 Å². The summed E-state index contributed by atoms with van der Waals surface area (Å²) in [6.07, 6.45) is 0. The van der Waals surface area contributed by atoms with Gasteiger partial charge in [0.25, 0.3) is 0 Å². The van der Waals surface area contributed by atoms with Gasteiger partial charge in [-0.2, -0.15) is 0 Å². The second kappa shape index (κ2) is 24.3. The van der Waals surface area contributed by atoms with Gasteiger partial charge in [0.2, 0.25) is 0 Å². The number of rotatable bonds is 24. The summed E-state index contributed by atoms with van der Waals surface area (Å²) >= 11 is 0. The summed E-state index contributed by atoms with van der Waals surface area (Å²) in [6.45, 7) is 13.1. The average molecular weight is 411 g/mol. The third-order valence-corrected chi connectivity index (χ3v) is 3.04. The first-order chi connectivity index (χ1) is 13.8. The van der Waals surface area contributed by atoms with Crippen molar-refractivity contribution in [2.24, 2.45) is 0 Å². The van der Waals surface area contributed by atoms with Gasteiger partial charge in [0, 0.05) is 0 Å². The monoisotopic (exact) mass is 410 g/mol. The summed E-state index contributed by atoms with van der Waals surface area (Å²) < 4.78 is 42.4. The Morgan fingerprint density at radius 3 is 1.00 bits per heavy atom. The molecule has 1 N–H and O–H groups in total. The maximum Gasteiger partial charge on any atom is 0.111 e. The molecule has 0 atom stereocenters. The van der Waals surface area contributed by atoms with Crippen molar-refractivity contribution in [3.8, 4) is 0 Å². The molecule has 0 saturated carbocycles. The highest BCUT2D eigenvalue weighted by Gasteiger charge is 1.95. The fraction of sp³-hybridized carbons (Fsp3) is 0.895. The Kier molecular flexibility index (Phi) is 23.6. The molecule has 0 aliphatic carbocycles. The molecule has 0 amide bonds. The van der Waals surface area contributed by atoms with Crippen LogP contribution in [-0.4, -0.2) is 111 Å². The molecular formula is C19H38O9. The van der Waals surface area contributed by atoms with Gasteiger partial charge in [-0.05, 0) is 6.92 Å². The number of hydrogen-bond donors (Lipinski definition) is 1. The second-order valence-electron chi connectivity index (χ2n) is 5.56. The Hall–Kier alpha value is -0.780. The van der Waals surface area contributed by atoms with Crippen molar-refractivity contribution in [1.29, 1.82) is 0 Å². The lowest BCUT2D eigenvalue weighted by atomic mass is 10.6. The van der Waals surface area contributed by atoms with Crippen LogP contribution in [-0.2, 0) is 37.9 Å². The molecule has 0 fully saturated rings. The average Bonchev–Trinajstić information content (AvgIpc) is 2.68. The van der Waals surface area contributed by atoms with Crippen LogP contribution >= 0.6 is 0 Å². The van der Waals surface area contributed by atoms with E-state index in [0.29, 0.717) is 105 Å². The maximum absolute atomic E-state index is 8.52. The van der Waals surface area contributed by atoms with Crippen LogP contribution in [0.25, 0.3) is 0 Å².